The van der Waals surface area contributed by atoms with Crippen LogP contribution in [0.3, 0.4) is 0 Å². The normalized spacial score (nSPS) is 10.1. The first-order chi connectivity index (χ1) is 6.81. The largest absolute Gasteiger partial charge is 0.496 e. The lowest BCUT2D eigenvalue weighted by Crippen LogP contribution is -1.86. The van der Waals surface area contributed by atoms with E-state index < -0.39 is 0 Å². The van der Waals surface area contributed by atoms with Gasteiger partial charge in [0.05, 0.1) is 18.1 Å². The molecule has 0 radical (unpaired) electrons. The third-order valence-corrected chi connectivity index (χ3v) is 2.69. The van der Waals surface area contributed by atoms with Crippen molar-refractivity contribution in [2.45, 2.75) is 0 Å². The minimum absolute atomic E-state index is 0.0518. The van der Waals surface area contributed by atoms with Crippen molar-refractivity contribution in [1.29, 1.82) is 0 Å². The van der Waals surface area contributed by atoms with Gasteiger partial charge in [0.15, 0.2) is 0 Å². The Morgan fingerprint density at radius 2 is 2.14 bits per heavy atom. The Morgan fingerprint density at radius 1 is 1.36 bits per heavy atom. The van der Waals surface area contributed by atoms with Gasteiger partial charge < -0.3 is 9.84 Å². The summed E-state index contributed by atoms with van der Waals surface area (Å²) in [4.78, 5) is 3.98. The molecule has 0 saturated carbocycles. The summed E-state index contributed by atoms with van der Waals surface area (Å²) in [5, 5.41) is 11.5. The summed E-state index contributed by atoms with van der Waals surface area (Å²) in [6.45, 7) is 0. The smallest absolute Gasteiger partial charge is 0.222 e. The second-order valence-corrected chi connectivity index (χ2v) is 3.57. The van der Waals surface area contributed by atoms with Crippen LogP contribution in [0.5, 0.6) is 11.6 Å². The number of rotatable bonds is 2. The molecule has 0 spiro atoms. The number of hydrogen-bond acceptors (Lipinski definition) is 4. The van der Waals surface area contributed by atoms with Crippen molar-refractivity contribution in [2.75, 3.05) is 7.11 Å². The summed E-state index contributed by atoms with van der Waals surface area (Å²) in [6, 6.07) is 7.59. The maximum absolute atomic E-state index is 9.14. The highest BCUT2D eigenvalue weighted by molar-refractivity contribution is 7.13. The number of para-hydroxylation sites is 1. The van der Waals surface area contributed by atoms with Gasteiger partial charge in [-0.1, -0.05) is 12.1 Å². The van der Waals surface area contributed by atoms with E-state index in [0.29, 0.717) is 0 Å². The molecule has 0 aliphatic rings. The van der Waals surface area contributed by atoms with Crippen molar-refractivity contribution in [2.24, 2.45) is 0 Å². The fourth-order valence-corrected chi connectivity index (χ4v) is 1.92. The van der Waals surface area contributed by atoms with E-state index in [1.165, 1.54) is 11.3 Å². The van der Waals surface area contributed by atoms with Crippen LogP contribution in [-0.2, 0) is 0 Å². The Kier molecular flexibility index (Phi) is 2.37. The van der Waals surface area contributed by atoms with Gasteiger partial charge in [-0.3, -0.25) is 0 Å². The highest BCUT2D eigenvalue weighted by atomic mass is 32.1. The molecule has 72 valence electrons. The number of aromatic hydroxyl groups is 1. The van der Waals surface area contributed by atoms with Crippen molar-refractivity contribution in [3.05, 3.63) is 29.6 Å². The zero-order chi connectivity index (χ0) is 9.97. The predicted octanol–water partition coefficient (Wildman–Crippen LogP) is 2.52. The van der Waals surface area contributed by atoms with E-state index in [4.69, 9.17) is 9.84 Å². The molecule has 0 aliphatic carbocycles. The van der Waals surface area contributed by atoms with Crippen LogP contribution in [0.15, 0.2) is 29.6 Å². The van der Waals surface area contributed by atoms with Crippen molar-refractivity contribution in [1.82, 2.24) is 4.98 Å². The summed E-state index contributed by atoms with van der Waals surface area (Å²) in [5.41, 5.74) is 0.903. The summed E-state index contributed by atoms with van der Waals surface area (Å²) < 4.78 is 5.19. The zero-order valence-electron chi connectivity index (χ0n) is 7.60. The van der Waals surface area contributed by atoms with Gasteiger partial charge in [0.1, 0.15) is 10.8 Å². The van der Waals surface area contributed by atoms with Crippen LogP contribution in [0.25, 0.3) is 10.6 Å². The van der Waals surface area contributed by atoms with E-state index in [2.05, 4.69) is 4.98 Å². The molecule has 14 heavy (non-hydrogen) atoms. The molecule has 0 unspecified atom stereocenters. The van der Waals surface area contributed by atoms with E-state index in [0.717, 1.165) is 16.3 Å². The van der Waals surface area contributed by atoms with Gasteiger partial charge in [0, 0.05) is 0 Å². The van der Waals surface area contributed by atoms with E-state index in [1.807, 2.05) is 24.3 Å². The topological polar surface area (TPSA) is 42.4 Å². The molecule has 1 heterocycles. The minimum atomic E-state index is 0.0518. The standard InChI is InChI=1S/C10H9NO2S/c1-13-8-5-3-2-4-7(8)10-11-9(12)6-14-10/h2-6,12H,1H3. The Morgan fingerprint density at radius 3 is 2.79 bits per heavy atom. The van der Waals surface area contributed by atoms with Crippen molar-refractivity contribution in [3.8, 4) is 22.2 Å². The van der Waals surface area contributed by atoms with E-state index in [1.54, 1.807) is 12.5 Å². The van der Waals surface area contributed by atoms with E-state index in [-0.39, 0.29) is 5.88 Å². The maximum atomic E-state index is 9.14. The molecule has 1 aromatic carbocycles. The lowest BCUT2D eigenvalue weighted by atomic mass is 10.2. The van der Waals surface area contributed by atoms with Crippen molar-refractivity contribution >= 4 is 11.3 Å². The minimum Gasteiger partial charge on any atom is -0.496 e. The van der Waals surface area contributed by atoms with Crippen LogP contribution in [0, 0.1) is 0 Å². The van der Waals surface area contributed by atoms with Gasteiger partial charge in [-0.2, -0.15) is 0 Å². The number of hydrogen-bond donors (Lipinski definition) is 1. The van der Waals surface area contributed by atoms with Gasteiger partial charge in [0.2, 0.25) is 5.88 Å². The van der Waals surface area contributed by atoms with Gasteiger partial charge in [0.25, 0.3) is 0 Å². The summed E-state index contributed by atoms with van der Waals surface area (Å²) in [7, 11) is 1.62. The number of aromatic nitrogens is 1. The first kappa shape index (κ1) is 9.02. The maximum Gasteiger partial charge on any atom is 0.222 e. The van der Waals surface area contributed by atoms with E-state index in [9.17, 15) is 0 Å². The van der Waals surface area contributed by atoms with Crippen LogP contribution in [-0.4, -0.2) is 17.2 Å². The van der Waals surface area contributed by atoms with Crippen molar-refractivity contribution in [3.63, 3.8) is 0 Å². The first-order valence-corrected chi connectivity index (χ1v) is 4.97. The monoisotopic (exact) mass is 207 g/mol. The van der Waals surface area contributed by atoms with Gasteiger partial charge in [-0.25, -0.2) is 4.98 Å². The van der Waals surface area contributed by atoms with Crippen LogP contribution in [0.4, 0.5) is 0 Å². The van der Waals surface area contributed by atoms with Crippen LogP contribution in [0.1, 0.15) is 0 Å². The lowest BCUT2D eigenvalue weighted by Gasteiger charge is -2.03. The highest BCUT2D eigenvalue weighted by Crippen LogP contribution is 2.33. The lowest BCUT2D eigenvalue weighted by molar-refractivity contribution is 0.416. The number of benzene rings is 1. The number of nitrogens with zero attached hydrogens (tertiary/aromatic N) is 1. The fraction of sp³-hybridized carbons (Fsp3) is 0.100. The molecular formula is C10H9NO2S. The molecule has 2 aromatic rings. The number of thiazole rings is 1. The second kappa shape index (κ2) is 3.67. The summed E-state index contributed by atoms with van der Waals surface area (Å²) >= 11 is 1.39. The summed E-state index contributed by atoms with van der Waals surface area (Å²) in [5.74, 6) is 0.817. The Balaban J connectivity index is 2.50. The molecule has 0 amide bonds. The Hall–Kier alpha value is -1.55. The Bertz CT molecular complexity index is 439. The van der Waals surface area contributed by atoms with Gasteiger partial charge >= 0.3 is 0 Å². The number of ether oxygens (including phenoxy) is 1. The third-order valence-electron chi connectivity index (χ3n) is 1.83. The fourth-order valence-electron chi connectivity index (χ4n) is 1.21. The van der Waals surface area contributed by atoms with Gasteiger partial charge in [-0.05, 0) is 12.1 Å². The molecule has 0 saturated heterocycles. The highest BCUT2D eigenvalue weighted by Gasteiger charge is 2.08. The van der Waals surface area contributed by atoms with Crippen LogP contribution < -0.4 is 4.74 Å². The van der Waals surface area contributed by atoms with Gasteiger partial charge in [-0.15, -0.1) is 11.3 Å². The average molecular weight is 207 g/mol. The molecule has 0 bridgehead atoms. The molecule has 3 nitrogen and oxygen atoms in total. The molecule has 1 aromatic heterocycles. The predicted molar refractivity (Wildman–Crippen MR) is 55.8 cm³/mol. The molecule has 2 rings (SSSR count). The molecule has 0 fully saturated rings. The molecule has 0 aliphatic heterocycles. The zero-order valence-corrected chi connectivity index (χ0v) is 8.41. The molecule has 0 atom stereocenters. The third kappa shape index (κ3) is 1.56. The van der Waals surface area contributed by atoms with E-state index >= 15 is 0 Å². The molecule has 1 N–H and O–H groups in total. The number of methoxy groups -OCH3 is 1. The first-order valence-electron chi connectivity index (χ1n) is 4.09. The average Bonchev–Trinajstić information content (AvgIpc) is 2.65. The van der Waals surface area contributed by atoms with Crippen LogP contribution in [0.2, 0.25) is 0 Å². The molecular weight excluding hydrogens is 198 g/mol. The van der Waals surface area contributed by atoms with Crippen molar-refractivity contribution < 1.29 is 9.84 Å². The quantitative estimate of drug-likeness (QED) is 0.822. The molecule has 4 heteroatoms. The van der Waals surface area contributed by atoms with Crippen LogP contribution >= 0.6 is 11.3 Å². The SMILES string of the molecule is COc1ccccc1-c1nc(O)cs1. The Labute approximate surface area is 85.6 Å². The second-order valence-electron chi connectivity index (χ2n) is 2.71. The summed E-state index contributed by atoms with van der Waals surface area (Å²) in [6.07, 6.45) is 0.